The molecule has 0 aliphatic heterocycles. The molecule has 0 saturated heterocycles. The van der Waals surface area contributed by atoms with Gasteiger partial charge in [-0.25, -0.2) is 0 Å². The number of likely N-dealkylation sites (N-methyl/N-ethyl adjacent to an activating group) is 1. The minimum absolute atomic E-state index is 0.0362. The standard InChI is InChI=1S/C15H29NO2/c1-4-5-6-7-8-9-10-11-13-18-14-12-15(17)16(2)3/h12,14H,4-11,13H2,1-3H3. The van der Waals surface area contributed by atoms with E-state index in [1.165, 1.54) is 62.2 Å². The zero-order chi connectivity index (χ0) is 13.6. The van der Waals surface area contributed by atoms with Gasteiger partial charge in [0.25, 0.3) is 0 Å². The number of unbranched alkanes of at least 4 members (excludes halogenated alkanes) is 7. The summed E-state index contributed by atoms with van der Waals surface area (Å²) in [6, 6.07) is 0. The molecule has 1 amide bonds. The Kier molecular flexibility index (Phi) is 11.8. The summed E-state index contributed by atoms with van der Waals surface area (Å²) in [5, 5.41) is 0. The number of hydrogen-bond donors (Lipinski definition) is 0. The molecule has 0 rings (SSSR count). The lowest BCUT2D eigenvalue weighted by Crippen LogP contribution is -2.18. The van der Waals surface area contributed by atoms with Crippen LogP contribution in [-0.2, 0) is 9.53 Å². The molecule has 0 radical (unpaired) electrons. The van der Waals surface area contributed by atoms with Gasteiger partial charge in [-0.15, -0.1) is 0 Å². The van der Waals surface area contributed by atoms with E-state index in [-0.39, 0.29) is 5.91 Å². The zero-order valence-electron chi connectivity index (χ0n) is 12.3. The third-order valence-electron chi connectivity index (χ3n) is 2.86. The van der Waals surface area contributed by atoms with Crippen LogP contribution in [0.2, 0.25) is 0 Å². The van der Waals surface area contributed by atoms with Crippen LogP contribution in [0.25, 0.3) is 0 Å². The Hall–Kier alpha value is -0.990. The molecule has 0 aliphatic carbocycles. The van der Waals surface area contributed by atoms with Gasteiger partial charge in [-0.3, -0.25) is 4.79 Å². The molecule has 0 aliphatic rings. The monoisotopic (exact) mass is 255 g/mol. The van der Waals surface area contributed by atoms with E-state index in [9.17, 15) is 4.79 Å². The highest BCUT2D eigenvalue weighted by atomic mass is 16.5. The summed E-state index contributed by atoms with van der Waals surface area (Å²) in [7, 11) is 3.45. The number of carbonyl (C=O) groups excluding carboxylic acids is 1. The molecular weight excluding hydrogens is 226 g/mol. The number of carbonyl (C=O) groups is 1. The molecular formula is C15H29NO2. The summed E-state index contributed by atoms with van der Waals surface area (Å²) in [5.74, 6) is -0.0362. The van der Waals surface area contributed by atoms with Crippen molar-refractivity contribution in [1.29, 1.82) is 0 Å². The molecule has 18 heavy (non-hydrogen) atoms. The maximum absolute atomic E-state index is 11.2. The van der Waals surface area contributed by atoms with Crippen LogP contribution >= 0.6 is 0 Å². The molecule has 0 heterocycles. The molecule has 0 unspecified atom stereocenters. The van der Waals surface area contributed by atoms with Gasteiger partial charge in [0.05, 0.1) is 12.9 Å². The number of ether oxygens (including phenoxy) is 1. The molecule has 0 bridgehead atoms. The first-order valence-corrected chi connectivity index (χ1v) is 7.18. The van der Waals surface area contributed by atoms with Crippen LogP contribution < -0.4 is 0 Å². The Bertz CT molecular complexity index is 225. The van der Waals surface area contributed by atoms with Crippen molar-refractivity contribution < 1.29 is 9.53 Å². The highest BCUT2D eigenvalue weighted by molar-refractivity contribution is 5.86. The molecule has 0 aromatic carbocycles. The van der Waals surface area contributed by atoms with E-state index in [1.54, 1.807) is 14.1 Å². The van der Waals surface area contributed by atoms with Gasteiger partial charge in [0.15, 0.2) is 0 Å². The Labute approximate surface area is 112 Å². The highest BCUT2D eigenvalue weighted by Crippen LogP contribution is 2.08. The van der Waals surface area contributed by atoms with Gasteiger partial charge >= 0.3 is 0 Å². The van der Waals surface area contributed by atoms with E-state index in [2.05, 4.69) is 6.92 Å². The Balaban J connectivity index is 3.19. The lowest BCUT2D eigenvalue weighted by Gasteiger charge is -2.05. The van der Waals surface area contributed by atoms with Crippen LogP contribution in [0.15, 0.2) is 12.3 Å². The Morgan fingerprint density at radius 1 is 1.00 bits per heavy atom. The smallest absolute Gasteiger partial charge is 0.249 e. The van der Waals surface area contributed by atoms with E-state index >= 15 is 0 Å². The average Bonchev–Trinajstić information content (AvgIpc) is 2.35. The molecule has 0 fully saturated rings. The van der Waals surface area contributed by atoms with Crippen molar-refractivity contribution in [2.45, 2.75) is 58.3 Å². The van der Waals surface area contributed by atoms with E-state index in [0.717, 1.165) is 6.42 Å². The van der Waals surface area contributed by atoms with Crippen molar-refractivity contribution in [3.63, 3.8) is 0 Å². The molecule has 3 nitrogen and oxygen atoms in total. The van der Waals surface area contributed by atoms with Crippen LogP contribution in [0.5, 0.6) is 0 Å². The normalized spacial score (nSPS) is 10.8. The van der Waals surface area contributed by atoms with E-state index in [4.69, 9.17) is 4.74 Å². The predicted molar refractivity (Wildman–Crippen MR) is 76.4 cm³/mol. The number of rotatable bonds is 11. The topological polar surface area (TPSA) is 29.5 Å². The number of hydrogen-bond acceptors (Lipinski definition) is 2. The van der Waals surface area contributed by atoms with Crippen LogP contribution in [0, 0.1) is 0 Å². The molecule has 0 atom stereocenters. The summed E-state index contributed by atoms with van der Waals surface area (Å²) >= 11 is 0. The Morgan fingerprint density at radius 3 is 2.11 bits per heavy atom. The second kappa shape index (κ2) is 12.5. The van der Waals surface area contributed by atoms with Gasteiger partial charge in [0, 0.05) is 20.2 Å². The van der Waals surface area contributed by atoms with Gasteiger partial charge in [0.2, 0.25) is 5.91 Å². The molecule has 0 spiro atoms. The van der Waals surface area contributed by atoms with E-state index in [0.29, 0.717) is 6.61 Å². The van der Waals surface area contributed by atoms with Crippen LogP contribution in [0.1, 0.15) is 58.3 Å². The SMILES string of the molecule is CCCCCCCCCCOC=CC(=O)N(C)C. The van der Waals surface area contributed by atoms with Crippen molar-refractivity contribution in [1.82, 2.24) is 4.90 Å². The second-order valence-electron chi connectivity index (χ2n) is 4.88. The summed E-state index contributed by atoms with van der Waals surface area (Å²) in [5.41, 5.74) is 0. The minimum Gasteiger partial charge on any atom is -0.501 e. The molecule has 3 heteroatoms. The first kappa shape index (κ1) is 17.0. The number of nitrogens with zero attached hydrogens (tertiary/aromatic N) is 1. The van der Waals surface area contributed by atoms with Crippen molar-refractivity contribution >= 4 is 5.91 Å². The Morgan fingerprint density at radius 2 is 1.56 bits per heavy atom. The van der Waals surface area contributed by atoms with E-state index < -0.39 is 0 Å². The first-order valence-electron chi connectivity index (χ1n) is 7.18. The van der Waals surface area contributed by atoms with Crippen LogP contribution in [-0.4, -0.2) is 31.5 Å². The molecule has 0 N–H and O–H groups in total. The van der Waals surface area contributed by atoms with Gasteiger partial charge in [0.1, 0.15) is 0 Å². The average molecular weight is 255 g/mol. The summed E-state index contributed by atoms with van der Waals surface area (Å²) in [6.45, 7) is 2.96. The fourth-order valence-corrected chi connectivity index (χ4v) is 1.64. The van der Waals surface area contributed by atoms with Crippen molar-refractivity contribution in [3.8, 4) is 0 Å². The fraction of sp³-hybridized carbons (Fsp3) is 0.800. The maximum Gasteiger partial charge on any atom is 0.249 e. The molecule has 0 saturated carbocycles. The van der Waals surface area contributed by atoms with Crippen LogP contribution in [0.3, 0.4) is 0 Å². The second-order valence-corrected chi connectivity index (χ2v) is 4.88. The largest absolute Gasteiger partial charge is 0.501 e. The first-order chi connectivity index (χ1) is 8.68. The molecule has 0 aromatic heterocycles. The minimum atomic E-state index is -0.0362. The van der Waals surface area contributed by atoms with Crippen LogP contribution in [0.4, 0.5) is 0 Å². The summed E-state index contributed by atoms with van der Waals surface area (Å²) < 4.78 is 5.27. The summed E-state index contributed by atoms with van der Waals surface area (Å²) in [6.07, 6.45) is 13.3. The maximum atomic E-state index is 11.2. The lowest BCUT2D eigenvalue weighted by atomic mass is 10.1. The zero-order valence-corrected chi connectivity index (χ0v) is 12.3. The fourth-order valence-electron chi connectivity index (χ4n) is 1.64. The summed E-state index contributed by atoms with van der Waals surface area (Å²) in [4.78, 5) is 12.7. The third-order valence-corrected chi connectivity index (χ3v) is 2.86. The predicted octanol–water partition coefficient (Wildman–Crippen LogP) is 3.75. The highest BCUT2D eigenvalue weighted by Gasteiger charge is 1.96. The van der Waals surface area contributed by atoms with Gasteiger partial charge < -0.3 is 9.64 Å². The van der Waals surface area contributed by atoms with Gasteiger partial charge in [-0.05, 0) is 6.42 Å². The third kappa shape index (κ3) is 11.5. The van der Waals surface area contributed by atoms with E-state index in [1.807, 2.05) is 0 Å². The molecule has 0 aromatic rings. The van der Waals surface area contributed by atoms with Crippen molar-refractivity contribution in [2.75, 3.05) is 20.7 Å². The quantitative estimate of drug-likeness (QED) is 0.320. The lowest BCUT2D eigenvalue weighted by molar-refractivity contribution is -0.123. The van der Waals surface area contributed by atoms with Gasteiger partial charge in [-0.1, -0.05) is 51.9 Å². The van der Waals surface area contributed by atoms with Crippen molar-refractivity contribution in [2.24, 2.45) is 0 Å². The van der Waals surface area contributed by atoms with Crippen molar-refractivity contribution in [3.05, 3.63) is 12.3 Å². The molecule has 106 valence electrons. The van der Waals surface area contributed by atoms with Gasteiger partial charge in [-0.2, -0.15) is 0 Å². The number of amides is 1.